The molecule has 1 aromatic rings. The second kappa shape index (κ2) is 5.36. The van der Waals surface area contributed by atoms with Crippen LogP contribution in [0.2, 0.25) is 5.15 Å². The molecule has 0 saturated carbocycles. The summed E-state index contributed by atoms with van der Waals surface area (Å²) in [5.74, 6) is -1.61. The highest BCUT2D eigenvalue weighted by atomic mass is 35.5. The van der Waals surface area contributed by atoms with Crippen molar-refractivity contribution in [3.05, 3.63) is 29.0 Å². The normalized spacial score (nSPS) is 17.6. The summed E-state index contributed by atoms with van der Waals surface area (Å²) in [6, 6.07) is 3.00. The third-order valence-corrected chi connectivity index (χ3v) is 3.44. The Hall–Kier alpha value is -1.30. The molecule has 1 aromatic heterocycles. The van der Waals surface area contributed by atoms with Gasteiger partial charge in [-0.1, -0.05) is 11.6 Å². The molecule has 1 saturated heterocycles. The average molecular weight is 293 g/mol. The van der Waals surface area contributed by atoms with Crippen LogP contribution in [0.1, 0.15) is 23.2 Å². The second-order valence-corrected chi connectivity index (χ2v) is 4.86. The van der Waals surface area contributed by atoms with Crippen LogP contribution in [0.15, 0.2) is 18.3 Å². The van der Waals surface area contributed by atoms with Crippen LogP contribution < -0.4 is 0 Å². The number of piperidine rings is 1. The number of carbonyl (C=O) groups excluding carboxylic acids is 1. The van der Waals surface area contributed by atoms with Crippen LogP contribution in [0.4, 0.5) is 13.2 Å². The molecule has 0 aliphatic carbocycles. The molecule has 104 valence electrons. The van der Waals surface area contributed by atoms with Crippen molar-refractivity contribution in [3.63, 3.8) is 0 Å². The zero-order valence-corrected chi connectivity index (χ0v) is 10.7. The van der Waals surface area contributed by atoms with Gasteiger partial charge in [0.15, 0.2) is 0 Å². The summed E-state index contributed by atoms with van der Waals surface area (Å²) in [5.41, 5.74) is 0.342. The first-order chi connectivity index (χ1) is 8.88. The highest BCUT2D eigenvalue weighted by Crippen LogP contribution is 2.34. The van der Waals surface area contributed by atoms with Crippen LogP contribution >= 0.6 is 11.6 Å². The summed E-state index contributed by atoms with van der Waals surface area (Å²) in [7, 11) is 0. The molecule has 1 aliphatic heterocycles. The fraction of sp³-hybridized carbons (Fsp3) is 0.500. The minimum atomic E-state index is -4.17. The standard InChI is InChI=1S/C12H12ClF3N2O/c13-10-2-1-8(7-17-10)11(19)18-5-3-9(4-6-18)12(14,15)16/h1-2,7,9H,3-6H2. The zero-order valence-electron chi connectivity index (χ0n) is 9.95. The van der Waals surface area contributed by atoms with E-state index in [4.69, 9.17) is 11.6 Å². The van der Waals surface area contributed by atoms with Gasteiger partial charge in [-0.15, -0.1) is 0 Å². The Labute approximate surface area is 113 Å². The van der Waals surface area contributed by atoms with Crippen molar-refractivity contribution >= 4 is 17.5 Å². The van der Waals surface area contributed by atoms with Crippen molar-refractivity contribution in [1.82, 2.24) is 9.88 Å². The number of amides is 1. The Bertz CT molecular complexity index is 453. The number of carbonyl (C=O) groups is 1. The maximum atomic E-state index is 12.5. The van der Waals surface area contributed by atoms with E-state index in [1.54, 1.807) is 0 Å². The van der Waals surface area contributed by atoms with Gasteiger partial charge in [-0.3, -0.25) is 4.79 Å². The van der Waals surface area contributed by atoms with Crippen LogP contribution in [0.5, 0.6) is 0 Å². The zero-order chi connectivity index (χ0) is 14.0. The smallest absolute Gasteiger partial charge is 0.339 e. The molecule has 7 heteroatoms. The number of halogens is 4. The molecule has 0 N–H and O–H groups in total. The topological polar surface area (TPSA) is 33.2 Å². The lowest BCUT2D eigenvalue weighted by Gasteiger charge is -2.32. The van der Waals surface area contributed by atoms with Crippen molar-refractivity contribution in [2.24, 2.45) is 5.92 Å². The van der Waals surface area contributed by atoms with Gasteiger partial charge in [-0.2, -0.15) is 13.2 Å². The van der Waals surface area contributed by atoms with Gasteiger partial charge in [0.25, 0.3) is 5.91 Å². The lowest BCUT2D eigenvalue weighted by Crippen LogP contribution is -2.42. The number of hydrogen-bond donors (Lipinski definition) is 0. The molecule has 0 aromatic carbocycles. The van der Waals surface area contributed by atoms with E-state index in [0.29, 0.717) is 5.56 Å². The van der Waals surface area contributed by atoms with Gasteiger partial charge in [0.2, 0.25) is 0 Å². The van der Waals surface area contributed by atoms with Crippen molar-refractivity contribution in [2.45, 2.75) is 19.0 Å². The van der Waals surface area contributed by atoms with Crippen LogP contribution in [0.25, 0.3) is 0 Å². The largest absolute Gasteiger partial charge is 0.391 e. The summed E-state index contributed by atoms with van der Waals surface area (Å²) in [5, 5.41) is 0.271. The Morgan fingerprint density at radius 3 is 2.42 bits per heavy atom. The van der Waals surface area contributed by atoms with Gasteiger partial charge >= 0.3 is 6.18 Å². The van der Waals surface area contributed by atoms with Crippen LogP contribution in [0.3, 0.4) is 0 Å². The van der Waals surface area contributed by atoms with Gasteiger partial charge in [-0.05, 0) is 25.0 Å². The number of aromatic nitrogens is 1. The Balaban J connectivity index is 1.98. The van der Waals surface area contributed by atoms with Crippen LogP contribution in [0, 0.1) is 5.92 Å². The molecule has 0 radical (unpaired) electrons. The SMILES string of the molecule is O=C(c1ccc(Cl)nc1)N1CCC(C(F)(F)F)CC1. The third-order valence-electron chi connectivity index (χ3n) is 3.22. The van der Waals surface area contributed by atoms with E-state index in [1.165, 1.54) is 23.2 Å². The predicted molar refractivity (Wildman–Crippen MR) is 63.9 cm³/mol. The molecule has 1 amide bonds. The van der Waals surface area contributed by atoms with E-state index in [2.05, 4.69) is 4.98 Å². The highest BCUT2D eigenvalue weighted by Gasteiger charge is 2.41. The molecular weight excluding hydrogens is 281 g/mol. The van der Waals surface area contributed by atoms with Crippen molar-refractivity contribution in [1.29, 1.82) is 0 Å². The van der Waals surface area contributed by atoms with Gasteiger partial charge in [0.1, 0.15) is 5.15 Å². The van der Waals surface area contributed by atoms with E-state index in [0.717, 1.165) is 0 Å². The maximum Gasteiger partial charge on any atom is 0.391 e. The number of rotatable bonds is 1. The van der Waals surface area contributed by atoms with Gasteiger partial charge in [0.05, 0.1) is 11.5 Å². The Kier molecular flexibility index (Phi) is 3.99. The molecule has 1 aliphatic rings. The molecule has 2 rings (SSSR count). The van der Waals surface area contributed by atoms with Crippen molar-refractivity contribution in [2.75, 3.05) is 13.1 Å². The first kappa shape index (κ1) is 14.1. The summed E-state index contributed by atoms with van der Waals surface area (Å²) in [4.78, 5) is 17.2. The highest BCUT2D eigenvalue weighted by molar-refractivity contribution is 6.29. The quantitative estimate of drug-likeness (QED) is 0.745. The van der Waals surface area contributed by atoms with Crippen molar-refractivity contribution in [3.8, 4) is 0 Å². The number of nitrogens with zero attached hydrogens (tertiary/aromatic N) is 2. The van der Waals surface area contributed by atoms with Gasteiger partial charge in [-0.25, -0.2) is 4.98 Å². The molecule has 19 heavy (non-hydrogen) atoms. The van der Waals surface area contributed by atoms with Gasteiger partial charge < -0.3 is 4.90 Å². The van der Waals surface area contributed by atoms with E-state index in [9.17, 15) is 18.0 Å². The molecule has 0 spiro atoms. The number of hydrogen-bond acceptors (Lipinski definition) is 2. The number of likely N-dealkylation sites (tertiary alicyclic amines) is 1. The molecule has 0 bridgehead atoms. The number of alkyl halides is 3. The van der Waals surface area contributed by atoms with E-state index < -0.39 is 12.1 Å². The second-order valence-electron chi connectivity index (χ2n) is 4.48. The lowest BCUT2D eigenvalue weighted by molar-refractivity contribution is -0.183. The first-order valence-corrected chi connectivity index (χ1v) is 6.23. The van der Waals surface area contributed by atoms with E-state index >= 15 is 0 Å². The fourth-order valence-corrected chi connectivity index (χ4v) is 2.21. The lowest BCUT2D eigenvalue weighted by atomic mass is 9.96. The van der Waals surface area contributed by atoms with Gasteiger partial charge in [0, 0.05) is 19.3 Å². The minimum absolute atomic E-state index is 0.0454. The van der Waals surface area contributed by atoms with E-state index in [-0.39, 0.29) is 37.0 Å². The van der Waals surface area contributed by atoms with Crippen molar-refractivity contribution < 1.29 is 18.0 Å². The predicted octanol–water partition coefficient (Wildman–Crippen LogP) is 3.15. The van der Waals surface area contributed by atoms with Crippen LogP contribution in [-0.2, 0) is 0 Å². The summed E-state index contributed by atoms with van der Waals surface area (Å²) < 4.78 is 37.5. The van der Waals surface area contributed by atoms with E-state index in [1.807, 2.05) is 0 Å². The molecule has 0 unspecified atom stereocenters. The monoisotopic (exact) mass is 292 g/mol. The average Bonchev–Trinajstić information content (AvgIpc) is 2.38. The third kappa shape index (κ3) is 3.37. The number of pyridine rings is 1. The summed E-state index contributed by atoms with van der Waals surface area (Å²) >= 11 is 5.61. The Morgan fingerprint density at radius 2 is 1.95 bits per heavy atom. The molecular formula is C12H12ClF3N2O. The molecule has 0 atom stereocenters. The first-order valence-electron chi connectivity index (χ1n) is 5.85. The summed E-state index contributed by atoms with van der Waals surface area (Å²) in [6.45, 7) is 0.233. The summed E-state index contributed by atoms with van der Waals surface area (Å²) in [6.07, 6.45) is -2.93. The maximum absolute atomic E-state index is 12.5. The fourth-order valence-electron chi connectivity index (χ4n) is 2.09. The Morgan fingerprint density at radius 1 is 1.32 bits per heavy atom. The molecule has 1 fully saturated rings. The molecule has 3 nitrogen and oxygen atoms in total. The minimum Gasteiger partial charge on any atom is -0.339 e. The van der Waals surface area contributed by atoms with Crippen LogP contribution in [-0.4, -0.2) is 35.1 Å². The molecule has 2 heterocycles.